The fraction of sp³-hybridized carbons (Fsp3) is 0.588. The average molecular weight is 277 g/mol. The Morgan fingerprint density at radius 3 is 2.35 bits per heavy atom. The Balaban J connectivity index is 2.27. The minimum Gasteiger partial charge on any atom is -0.292 e. The standard InChI is InChI=1S/C17H24FNO/c1-13-8-9-15(18)14(12-13)16(20)17(2,3)19-10-6-4-5-7-11-19/h8-9,12H,4-7,10-11H2,1-3H3. The number of hydrogen-bond donors (Lipinski definition) is 0. The van der Waals surface area contributed by atoms with Gasteiger partial charge in [0.25, 0.3) is 0 Å². The molecule has 2 nitrogen and oxygen atoms in total. The number of aryl methyl sites for hydroxylation is 1. The topological polar surface area (TPSA) is 20.3 Å². The van der Waals surface area contributed by atoms with Crippen LogP contribution in [0.25, 0.3) is 0 Å². The summed E-state index contributed by atoms with van der Waals surface area (Å²) in [5.74, 6) is -0.524. The van der Waals surface area contributed by atoms with Gasteiger partial charge < -0.3 is 0 Å². The van der Waals surface area contributed by atoms with Crippen molar-refractivity contribution < 1.29 is 9.18 Å². The van der Waals surface area contributed by atoms with Gasteiger partial charge in [-0.05, 0) is 58.8 Å². The molecule has 0 aliphatic carbocycles. The summed E-state index contributed by atoms with van der Waals surface area (Å²) in [4.78, 5) is 15.0. The highest BCUT2D eigenvalue weighted by atomic mass is 19.1. The SMILES string of the molecule is Cc1ccc(F)c(C(=O)C(C)(C)N2CCCCCC2)c1. The summed E-state index contributed by atoms with van der Waals surface area (Å²) in [5, 5.41) is 0. The van der Waals surface area contributed by atoms with Crippen LogP contribution >= 0.6 is 0 Å². The van der Waals surface area contributed by atoms with Gasteiger partial charge in [-0.25, -0.2) is 4.39 Å². The highest BCUT2D eigenvalue weighted by Gasteiger charge is 2.36. The van der Waals surface area contributed by atoms with Crippen molar-refractivity contribution in [2.75, 3.05) is 13.1 Å². The maximum absolute atomic E-state index is 14.0. The van der Waals surface area contributed by atoms with Gasteiger partial charge in [-0.2, -0.15) is 0 Å². The Kier molecular flexibility index (Phi) is 4.59. The van der Waals surface area contributed by atoms with Gasteiger partial charge in [0.1, 0.15) is 5.82 Å². The molecule has 1 saturated heterocycles. The summed E-state index contributed by atoms with van der Waals surface area (Å²) in [6.45, 7) is 7.57. The molecular formula is C17H24FNO. The molecule has 1 aromatic carbocycles. The number of nitrogens with zero attached hydrogens (tertiary/aromatic N) is 1. The van der Waals surface area contributed by atoms with Crippen molar-refractivity contribution in [1.82, 2.24) is 4.90 Å². The molecule has 0 N–H and O–H groups in total. The second-order valence-electron chi connectivity index (χ2n) is 6.27. The summed E-state index contributed by atoms with van der Waals surface area (Å²) in [6, 6.07) is 4.75. The van der Waals surface area contributed by atoms with Crippen LogP contribution in [-0.4, -0.2) is 29.3 Å². The number of benzene rings is 1. The van der Waals surface area contributed by atoms with Gasteiger partial charge in [0.2, 0.25) is 0 Å². The number of carbonyl (C=O) groups is 1. The molecule has 0 saturated carbocycles. The molecule has 0 radical (unpaired) electrons. The number of hydrogen-bond acceptors (Lipinski definition) is 2. The smallest absolute Gasteiger partial charge is 0.185 e. The van der Waals surface area contributed by atoms with Crippen molar-refractivity contribution in [3.05, 3.63) is 35.1 Å². The molecular weight excluding hydrogens is 253 g/mol. The fourth-order valence-corrected chi connectivity index (χ4v) is 2.92. The minimum absolute atomic E-state index is 0.111. The van der Waals surface area contributed by atoms with E-state index in [0.717, 1.165) is 31.5 Å². The van der Waals surface area contributed by atoms with Gasteiger partial charge in [0.05, 0.1) is 11.1 Å². The Bertz CT molecular complexity index is 488. The van der Waals surface area contributed by atoms with Gasteiger partial charge >= 0.3 is 0 Å². The molecule has 20 heavy (non-hydrogen) atoms. The van der Waals surface area contributed by atoms with E-state index < -0.39 is 11.4 Å². The molecule has 1 aliphatic heterocycles. The largest absolute Gasteiger partial charge is 0.292 e. The first-order valence-electron chi connectivity index (χ1n) is 7.49. The monoisotopic (exact) mass is 277 g/mol. The molecule has 0 amide bonds. The van der Waals surface area contributed by atoms with Crippen LogP contribution < -0.4 is 0 Å². The average Bonchev–Trinajstić information content (AvgIpc) is 2.70. The summed E-state index contributed by atoms with van der Waals surface area (Å²) < 4.78 is 14.0. The van der Waals surface area contributed by atoms with Crippen LogP contribution in [-0.2, 0) is 0 Å². The number of ketones is 1. The highest BCUT2D eigenvalue weighted by molar-refractivity contribution is 6.03. The van der Waals surface area contributed by atoms with E-state index in [-0.39, 0.29) is 11.3 Å². The number of likely N-dealkylation sites (tertiary alicyclic amines) is 1. The maximum atomic E-state index is 14.0. The molecule has 1 aliphatic rings. The van der Waals surface area contributed by atoms with Gasteiger partial charge in [0, 0.05) is 0 Å². The molecule has 1 heterocycles. The first-order chi connectivity index (χ1) is 9.43. The molecule has 0 atom stereocenters. The lowest BCUT2D eigenvalue weighted by Crippen LogP contribution is -2.50. The lowest BCUT2D eigenvalue weighted by molar-refractivity contribution is 0.0645. The van der Waals surface area contributed by atoms with E-state index in [1.165, 1.54) is 18.9 Å². The van der Waals surface area contributed by atoms with Crippen molar-refractivity contribution in [3.63, 3.8) is 0 Å². The van der Waals surface area contributed by atoms with E-state index in [2.05, 4.69) is 4.90 Å². The number of Topliss-reactive ketones (excluding diaryl/α,β-unsaturated/α-hetero) is 1. The van der Waals surface area contributed by atoms with E-state index in [1.54, 1.807) is 12.1 Å². The summed E-state index contributed by atoms with van der Waals surface area (Å²) in [6.07, 6.45) is 4.68. The zero-order chi connectivity index (χ0) is 14.8. The predicted octanol–water partition coefficient (Wildman–Crippen LogP) is 3.97. The Labute approximate surface area is 121 Å². The third-order valence-electron chi connectivity index (χ3n) is 4.32. The van der Waals surface area contributed by atoms with Gasteiger partial charge in [-0.1, -0.05) is 24.5 Å². The molecule has 1 fully saturated rings. The predicted molar refractivity (Wildman–Crippen MR) is 79.6 cm³/mol. The molecule has 0 spiro atoms. The van der Waals surface area contributed by atoms with Gasteiger partial charge in [-0.3, -0.25) is 9.69 Å². The second-order valence-corrected chi connectivity index (χ2v) is 6.27. The number of halogens is 1. The maximum Gasteiger partial charge on any atom is 0.185 e. The normalized spacial score (nSPS) is 17.8. The quantitative estimate of drug-likeness (QED) is 0.779. The van der Waals surface area contributed by atoms with E-state index in [4.69, 9.17) is 0 Å². The zero-order valence-corrected chi connectivity index (χ0v) is 12.7. The van der Waals surface area contributed by atoms with Crippen LogP contribution in [0.2, 0.25) is 0 Å². The summed E-state index contributed by atoms with van der Waals surface area (Å²) in [5.41, 5.74) is 0.500. The summed E-state index contributed by atoms with van der Waals surface area (Å²) in [7, 11) is 0. The van der Waals surface area contributed by atoms with Crippen molar-refractivity contribution in [1.29, 1.82) is 0 Å². The summed E-state index contributed by atoms with van der Waals surface area (Å²) >= 11 is 0. The Morgan fingerprint density at radius 2 is 1.75 bits per heavy atom. The van der Waals surface area contributed by atoms with Crippen molar-refractivity contribution >= 4 is 5.78 Å². The van der Waals surface area contributed by atoms with Gasteiger partial charge in [0.15, 0.2) is 5.78 Å². The molecule has 3 heteroatoms. The first-order valence-corrected chi connectivity index (χ1v) is 7.49. The Hall–Kier alpha value is -1.22. The van der Waals surface area contributed by atoms with E-state index in [0.29, 0.717) is 0 Å². The second kappa shape index (κ2) is 6.04. The van der Waals surface area contributed by atoms with Crippen LogP contribution in [0.1, 0.15) is 55.5 Å². The molecule has 0 aromatic heterocycles. The minimum atomic E-state index is -0.640. The van der Waals surface area contributed by atoms with Crippen LogP contribution in [0.3, 0.4) is 0 Å². The molecule has 1 aromatic rings. The van der Waals surface area contributed by atoms with Crippen LogP contribution in [0.15, 0.2) is 18.2 Å². The van der Waals surface area contributed by atoms with E-state index >= 15 is 0 Å². The highest BCUT2D eigenvalue weighted by Crippen LogP contribution is 2.25. The number of carbonyl (C=O) groups excluding carboxylic acids is 1. The van der Waals surface area contributed by atoms with Crippen molar-refractivity contribution in [2.45, 2.75) is 52.0 Å². The van der Waals surface area contributed by atoms with E-state index in [9.17, 15) is 9.18 Å². The zero-order valence-electron chi connectivity index (χ0n) is 12.7. The van der Waals surface area contributed by atoms with Crippen molar-refractivity contribution in [3.8, 4) is 0 Å². The molecule has 0 unspecified atom stereocenters. The lowest BCUT2D eigenvalue weighted by atomic mass is 9.90. The first kappa shape index (κ1) is 15.2. The Morgan fingerprint density at radius 1 is 1.15 bits per heavy atom. The fourth-order valence-electron chi connectivity index (χ4n) is 2.92. The molecule has 2 rings (SSSR count). The van der Waals surface area contributed by atoms with Crippen LogP contribution in [0, 0.1) is 12.7 Å². The van der Waals surface area contributed by atoms with Crippen LogP contribution in [0.4, 0.5) is 4.39 Å². The van der Waals surface area contributed by atoms with Crippen molar-refractivity contribution in [2.24, 2.45) is 0 Å². The van der Waals surface area contributed by atoms with Crippen LogP contribution in [0.5, 0.6) is 0 Å². The third kappa shape index (κ3) is 3.09. The molecule has 110 valence electrons. The number of rotatable bonds is 3. The third-order valence-corrected chi connectivity index (χ3v) is 4.32. The van der Waals surface area contributed by atoms with E-state index in [1.807, 2.05) is 20.8 Å². The molecule has 0 bridgehead atoms. The van der Waals surface area contributed by atoms with Gasteiger partial charge in [-0.15, -0.1) is 0 Å². The lowest BCUT2D eigenvalue weighted by Gasteiger charge is -2.36.